The molecule has 2 atom stereocenters. The minimum Gasteiger partial charge on any atom is -0.748 e. The van der Waals surface area contributed by atoms with E-state index in [1.54, 1.807) is 0 Å². The fourth-order valence-electron chi connectivity index (χ4n) is 2.09. The zero-order valence-corrected chi connectivity index (χ0v) is 16.5. The molecule has 0 aromatic carbocycles. The molecule has 0 spiro atoms. The molecule has 110 valence electrons. The maximum absolute atomic E-state index is 11.0. The Morgan fingerprint density at radius 1 is 1.05 bits per heavy atom. The second kappa shape index (κ2) is 13.2. The Kier molecular flexibility index (Phi) is 15.8. The van der Waals surface area contributed by atoms with Crippen LogP contribution in [0.1, 0.15) is 71.6 Å². The molecule has 0 bridgehead atoms. The third kappa shape index (κ3) is 14.2. The van der Waals surface area contributed by atoms with Gasteiger partial charge in [-0.1, -0.05) is 51.9 Å². The van der Waals surface area contributed by atoms with Gasteiger partial charge in [-0.2, -0.15) is 0 Å². The van der Waals surface area contributed by atoms with Gasteiger partial charge in [0.15, 0.2) is 0 Å². The molecular formula is C13H27KO4S. The van der Waals surface area contributed by atoms with Gasteiger partial charge in [0.1, 0.15) is 0 Å². The molecule has 0 aromatic rings. The van der Waals surface area contributed by atoms with Crippen molar-refractivity contribution in [3.63, 3.8) is 0 Å². The van der Waals surface area contributed by atoms with E-state index in [2.05, 4.69) is 6.92 Å². The molecule has 2 unspecified atom stereocenters. The van der Waals surface area contributed by atoms with Crippen LogP contribution in [0.5, 0.6) is 0 Å². The first-order valence-corrected chi connectivity index (χ1v) is 8.47. The molecule has 0 fully saturated rings. The molecule has 19 heavy (non-hydrogen) atoms. The minimum atomic E-state index is -4.27. The second-order valence-corrected chi connectivity index (χ2v) is 6.76. The summed E-state index contributed by atoms with van der Waals surface area (Å²) in [5.74, 6) is 0. The molecule has 1 N–H and O–H groups in total. The largest absolute Gasteiger partial charge is 1.00 e. The Balaban J connectivity index is 0. The molecule has 0 saturated carbocycles. The van der Waals surface area contributed by atoms with Gasteiger partial charge in [-0.25, -0.2) is 8.42 Å². The van der Waals surface area contributed by atoms with E-state index >= 15 is 0 Å². The van der Waals surface area contributed by atoms with E-state index in [0.717, 1.165) is 19.3 Å². The molecule has 0 heterocycles. The molecule has 0 aliphatic carbocycles. The molecule has 0 aliphatic rings. The van der Waals surface area contributed by atoms with Crippen LogP contribution in [0, 0.1) is 0 Å². The quantitative estimate of drug-likeness (QED) is 0.326. The molecule has 6 heteroatoms. The van der Waals surface area contributed by atoms with Gasteiger partial charge >= 0.3 is 51.4 Å². The van der Waals surface area contributed by atoms with E-state index in [0.29, 0.717) is 6.42 Å². The number of rotatable bonds is 11. The van der Waals surface area contributed by atoms with Gasteiger partial charge in [0.25, 0.3) is 0 Å². The third-order valence-electron chi connectivity index (χ3n) is 3.14. The van der Waals surface area contributed by atoms with E-state index in [9.17, 15) is 18.1 Å². The predicted molar refractivity (Wildman–Crippen MR) is 72.4 cm³/mol. The van der Waals surface area contributed by atoms with E-state index in [1.165, 1.54) is 32.6 Å². The monoisotopic (exact) mass is 318 g/mol. The maximum atomic E-state index is 11.0. The van der Waals surface area contributed by atoms with Gasteiger partial charge < -0.3 is 9.66 Å². The van der Waals surface area contributed by atoms with Crippen LogP contribution in [0.25, 0.3) is 0 Å². The number of unbranched alkanes of at least 4 members (excludes halogenated alkanes) is 6. The van der Waals surface area contributed by atoms with E-state index in [1.807, 2.05) is 0 Å². The van der Waals surface area contributed by atoms with Crippen LogP contribution in [0.4, 0.5) is 0 Å². The summed E-state index contributed by atoms with van der Waals surface area (Å²) in [6.07, 6.45) is 7.40. The predicted octanol–water partition coefficient (Wildman–Crippen LogP) is -0.184. The minimum absolute atomic E-state index is 0. The van der Waals surface area contributed by atoms with Crippen molar-refractivity contribution in [1.29, 1.82) is 0 Å². The van der Waals surface area contributed by atoms with Crippen molar-refractivity contribution in [2.24, 2.45) is 0 Å². The summed E-state index contributed by atoms with van der Waals surface area (Å²) in [7, 11) is -4.27. The number of hydrogen-bond donors (Lipinski definition) is 1. The zero-order chi connectivity index (χ0) is 14.0. The normalized spacial score (nSPS) is 14.7. The number of aliphatic hydroxyl groups excluding tert-OH is 1. The Hall–Kier alpha value is 1.51. The summed E-state index contributed by atoms with van der Waals surface area (Å²) in [5, 5.41) is 8.26. The molecule has 0 amide bonds. The van der Waals surface area contributed by atoms with Gasteiger partial charge in [-0.3, -0.25) is 0 Å². The van der Waals surface area contributed by atoms with Gasteiger partial charge in [-0.05, 0) is 19.8 Å². The van der Waals surface area contributed by atoms with Crippen LogP contribution in [0.15, 0.2) is 0 Å². The molecular weight excluding hydrogens is 291 g/mol. The topological polar surface area (TPSA) is 77.4 Å². The van der Waals surface area contributed by atoms with Gasteiger partial charge in [0.05, 0.1) is 21.5 Å². The van der Waals surface area contributed by atoms with E-state index in [-0.39, 0.29) is 57.8 Å². The van der Waals surface area contributed by atoms with E-state index < -0.39 is 21.5 Å². The molecule has 0 aromatic heterocycles. The van der Waals surface area contributed by atoms with Gasteiger partial charge in [0.2, 0.25) is 0 Å². The summed E-state index contributed by atoms with van der Waals surface area (Å²) < 4.78 is 33.0. The number of aliphatic hydroxyl groups is 1. The maximum Gasteiger partial charge on any atom is 1.00 e. The Labute approximate surface area is 160 Å². The fourth-order valence-corrected chi connectivity index (χ4v) is 3.06. The first-order chi connectivity index (χ1) is 8.38. The average molecular weight is 319 g/mol. The summed E-state index contributed by atoms with van der Waals surface area (Å²) in [5.41, 5.74) is 0. The second-order valence-electron chi connectivity index (χ2n) is 5.11. The summed E-state index contributed by atoms with van der Waals surface area (Å²) in [6.45, 7) is 3.68. The Morgan fingerprint density at radius 3 is 1.95 bits per heavy atom. The van der Waals surface area contributed by atoms with Crippen molar-refractivity contribution in [1.82, 2.24) is 0 Å². The zero-order valence-electron chi connectivity index (χ0n) is 12.6. The van der Waals surface area contributed by atoms with Crippen molar-refractivity contribution >= 4 is 10.1 Å². The van der Waals surface area contributed by atoms with Crippen molar-refractivity contribution < 1.29 is 69.5 Å². The van der Waals surface area contributed by atoms with Crippen LogP contribution in [0.3, 0.4) is 0 Å². The van der Waals surface area contributed by atoms with Gasteiger partial charge in [0, 0.05) is 0 Å². The van der Waals surface area contributed by atoms with Crippen LogP contribution in [0.2, 0.25) is 0 Å². The van der Waals surface area contributed by atoms with Crippen LogP contribution in [-0.4, -0.2) is 29.4 Å². The SMILES string of the molecule is CCCCCCCCCC(CC(C)O)S(=O)(=O)[O-].[K+]. The summed E-state index contributed by atoms with van der Waals surface area (Å²) in [4.78, 5) is 0. The first kappa shape index (κ1) is 22.8. The van der Waals surface area contributed by atoms with Crippen LogP contribution >= 0.6 is 0 Å². The Morgan fingerprint density at radius 2 is 1.53 bits per heavy atom. The van der Waals surface area contributed by atoms with Crippen LogP contribution in [-0.2, 0) is 10.1 Å². The average Bonchev–Trinajstić information content (AvgIpc) is 2.24. The van der Waals surface area contributed by atoms with E-state index in [4.69, 9.17) is 0 Å². The Bertz CT molecular complexity index is 291. The molecule has 0 radical (unpaired) electrons. The molecule has 0 saturated heterocycles. The fraction of sp³-hybridized carbons (Fsp3) is 1.00. The van der Waals surface area contributed by atoms with Crippen molar-refractivity contribution in [2.45, 2.75) is 83.0 Å². The van der Waals surface area contributed by atoms with Crippen molar-refractivity contribution in [3.05, 3.63) is 0 Å². The van der Waals surface area contributed by atoms with Crippen molar-refractivity contribution in [3.8, 4) is 0 Å². The van der Waals surface area contributed by atoms with Crippen LogP contribution < -0.4 is 51.4 Å². The van der Waals surface area contributed by atoms with Gasteiger partial charge in [-0.15, -0.1) is 0 Å². The molecule has 4 nitrogen and oxygen atoms in total. The smallest absolute Gasteiger partial charge is 0.748 e. The molecule has 0 aliphatic heterocycles. The standard InChI is InChI=1S/C13H28O4S.K/c1-3-4-5-6-7-8-9-10-13(11-12(2)14)18(15,16)17;/h12-14H,3-11H2,1-2H3,(H,15,16,17);/q;+1/p-1. The number of hydrogen-bond acceptors (Lipinski definition) is 4. The molecule has 0 rings (SSSR count). The summed E-state index contributed by atoms with van der Waals surface area (Å²) in [6, 6.07) is 0. The summed E-state index contributed by atoms with van der Waals surface area (Å²) >= 11 is 0. The first-order valence-electron chi connectivity index (χ1n) is 7.00. The third-order valence-corrected chi connectivity index (χ3v) is 4.39. The van der Waals surface area contributed by atoms with Crippen molar-refractivity contribution in [2.75, 3.05) is 0 Å².